The molecule has 0 saturated heterocycles. The standard InChI is InChI=1S/C46H37N2O2.C12H10N.Ir/c1-27(2)34-24-32(30-16-8-6-9-17-30)25-35(28(3)4)43(34)48-38-22-14-13-21-37(38)47-46(48)36-26-40-41(29(5)44(50-40)31-18-10-7-11-19-31)42-33-20-12-15-23-39(33)49-45(36)42;1-10-7-8-12(13-9-10)11-5-3-2-4-6-11;/h6-25,27-28H,1-5H3;2-5,7-9H,1H3;/q2*-1;/i;1D3;. The summed E-state index contributed by atoms with van der Waals surface area (Å²) in [6.45, 7) is 9.17. The Bertz CT molecular complexity index is 3490. The summed E-state index contributed by atoms with van der Waals surface area (Å²) < 4.78 is 37.6. The Balaban J connectivity index is 0.000000281. The molecule has 0 bridgehead atoms. The number of benzene rings is 7. The van der Waals surface area contributed by atoms with Crippen molar-refractivity contribution in [1.29, 1.82) is 0 Å². The molecule has 0 unspecified atom stereocenters. The predicted octanol–water partition coefficient (Wildman–Crippen LogP) is 15.9. The molecule has 0 aliphatic heterocycles. The number of rotatable bonds is 7. The Labute approximate surface area is 392 Å². The molecule has 5 nitrogen and oxygen atoms in total. The van der Waals surface area contributed by atoms with Crippen LogP contribution in [0.3, 0.4) is 0 Å². The Hall–Kier alpha value is -6.85. The quantitative estimate of drug-likeness (QED) is 0.149. The number of pyridine rings is 1. The maximum atomic E-state index is 7.23. The van der Waals surface area contributed by atoms with Crippen molar-refractivity contribution >= 4 is 43.9 Å². The van der Waals surface area contributed by atoms with Crippen molar-refractivity contribution in [3.8, 4) is 50.8 Å². The van der Waals surface area contributed by atoms with Crippen LogP contribution in [0.5, 0.6) is 0 Å². The van der Waals surface area contributed by atoms with E-state index in [4.69, 9.17) is 17.9 Å². The third-order valence-electron chi connectivity index (χ3n) is 11.8. The molecule has 0 saturated carbocycles. The van der Waals surface area contributed by atoms with E-state index in [0.29, 0.717) is 5.58 Å². The minimum atomic E-state index is -2.09. The van der Waals surface area contributed by atoms with E-state index in [1.165, 1.54) is 28.5 Å². The molecule has 0 fully saturated rings. The number of para-hydroxylation sites is 3. The number of hydrogen-bond acceptors (Lipinski definition) is 4. The molecule has 4 heterocycles. The van der Waals surface area contributed by atoms with Crippen LogP contribution in [0.1, 0.15) is 65.9 Å². The Kier molecular flexibility index (Phi) is 10.7. The third-order valence-corrected chi connectivity index (χ3v) is 11.8. The summed E-state index contributed by atoms with van der Waals surface area (Å²) in [7, 11) is 0. The van der Waals surface area contributed by atoms with Crippen molar-refractivity contribution in [1.82, 2.24) is 14.5 Å². The maximum absolute atomic E-state index is 7.23. The van der Waals surface area contributed by atoms with Gasteiger partial charge in [-0.1, -0.05) is 142 Å². The fourth-order valence-corrected chi connectivity index (χ4v) is 8.71. The van der Waals surface area contributed by atoms with Crippen LogP contribution >= 0.6 is 0 Å². The molecule has 0 spiro atoms. The smallest absolute Gasteiger partial charge is 0.126 e. The summed E-state index contributed by atoms with van der Waals surface area (Å²) in [4.78, 5) is 9.51. The second kappa shape index (κ2) is 17.7. The van der Waals surface area contributed by atoms with Crippen LogP contribution < -0.4 is 0 Å². The normalized spacial score (nSPS) is 12.3. The number of aromatic nitrogens is 3. The van der Waals surface area contributed by atoms with Gasteiger partial charge in [0.1, 0.15) is 11.3 Å². The molecule has 64 heavy (non-hydrogen) atoms. The number of nitrogens with zero attached hydrogens (tertiary/aromatic N) is 3. The third kappa shape index (κ3) is 7.68. The minimum absolute atomic E-state index is 0. The summed E-state index contributed by atoms with van der Waals surface area (Å²) >= 11 is 0. The Morgan fingerprint density at radius 2 is 1.34 bits per heavy atom. The molecule has 6 heteroatoms. The monoisotopic (exact) mass is 1010 g/mol. The molecule has 7 aromatic carbocycles. The first-order valence-electron chi connectivity index (χ1n) is 23.0. The predicted molar refractivity (Wildman–Crippen MR) is 259 cm³/mol. The topological polar surface area (TPSA) is 57.0 Å². The fraction of sp³-hybridized carbons (Fsp3) is 0.138. The zero-order chi connectivity index (χ0) is 45.7. The number of fused-ring (bicyclic) bond motifs is 6. The average molecular weight is 1010 g/mol. The first-order chi connectivity index (χ1) is 32.0. The number of furan rings is 2. The molecule has 0 aliphatic carbocycles. The molecule has 11 aromatic rings. The number of imidazole rings is 1. The molecule has 0 aliphatic rings. The van der Waals surface area contributed by atoms with E-state index >= 15 is 0 Å². The van der Waals surface area contributed by atoms with E-state index in [1.807, 2.05) is 48.5 Å². The Morgan fingerprint density at radius 3 is 2.02 bits per heavy atom. The van der Waals surface area contributed by atoms with Crippen LogP contribution in [-0.2, 0) is 20.1 Å². The van der Waals surface area contributed by atoms with Crippen molar-refractivity contribution in [2.45, 2.75) is 53.3 Å². The van der Waals surface area contributed by atoms with Crippen LogP contribution in [0, 0.1) is 25.9 Å². The summed E-state index contributed by atoms with van der Waals surface area (Å²) in [6, 6.07) is 59.9. The van der Waals surface area contributed by atoms with Gasteiger partial charge in [-0.3, -0.25) is 4.98 Å². The molecule has 1 radical (unpaired) electrons. The van der Waals surface area contributed by atoms with E-state index in [-0.39, 0.29) is 37.5 Å². The molecule has 4 aromatic heterocycles. The molecular formula is C58H47IrN3O2-2. The van der Waals surface area contributed by atoms with Gasteiger partial charge in [0.25, 0.3) is 0 Å². The van der Waals surface area contributed by atoms with Gasteiger partial charge in [0.2, 0.25) is 0 Å². The van der Waals surface area contributed by atoms with E-state index in [0.717, 1.165) is 83.6 Å². The first kappa shape index (κ1) is 38.8. The van der Waals surface area contributed by atoms with Gasteiger partial charge in [-0.15, -0.1) is 35.9 Å². The minimum Gasteiger partial charge on any atom is -0.501 e. The zero-order valence-corrected chi connectivity index (χ0v) is 38.6. The first-order valence-corrected chi connectivity index (χ1v) is 21.5. The second-order valence-electron chi connectivity index (χ2n) is 16.6. The molecule has 0 amide bonds. The maximum Gasteiger partial charge on any atom is 0.126 e. The number of aryl methyl sites for hydroxylation is 2. The van der Waals surface area contributed by atoms with Gasteiger partial charge in [0, 0.05) is 47.1 Å². The van der Waals surface area contributed by atoms with Gasteiger partial charge in [-0.25, -0.2) is 0 Å². The number of hydrogen-bond donors (Lipinski definition) is 0. The summed E-state index contributed by atoms with van der Waals surface area (Å²) in [6.07, 6.45) is 1.39. The van der Waals surface area contributed by atoms with Crippen LogP contribution in [-0.4, -0.2) is 14.5 Å². The molecule has 0 atom stereocenters. The summed E-state index contributed by atoms with van der Waals surface area (Å²) in [5.41, 5.74) is 15.1. The largest absolute Gasteiger partial charge is 0.501 e. The van der Waals surface area contributed by atoms with Crippen LogP contribution in [0.15, 0.2) is 173 Å². The van der Waals surface area contributed by atoms with E-state index in [2.05, 4.69) is 147 Å². The van der Waals surface area contributed by atoms with Gasteiger partial charge < -0.3 is 18.4 Å². The van der Waals surface area contributed by atoms with Gasteiger partial charge in [-0.05, 0) is 106 Å². The van der Waals surface area contributed by atoms with Crippen LogP contribution in [0.25, 0.3) is 94.7 Å². The Morgan fingerprint density at radius 1 is 0.672 bits per heavy atom. The van der Waals surface area contributed by atoms with Crippen LogP contribution in [0.4, 0.5) is 0 Å². The molecule has 317 valence electrons. The van der Waals surface area contributed by atoms with Crippen molar-refractivity contribution in [2.24, 2.45) is 0 Å². The second-order valence-corrected chi connectivity index (χ2v) is 16.6. The van der Waals surface area contributed by atoms with Gasteiger partial charge in [-0.2, -0.15) is 0 Å². The van der Waals surface area contributed by atoms with Gasteiger partial charge in [0.05, 0.1) is 28.0 Å². The van der Waals surface area contributed by atoms with Crippen molar-refractivity contribution in [2.75, 3.05) is 0 Å². The van der Waals surface area contributed by atoms with Gasteiger partial charge in [0.15, 0.2) is 0 Å². The SMILES string of the molecule is Cc1c(-c2ccccc2)oc2[c-]c(-c3nc4ccccc4n3-c3c(C(C)C)cc(-c4ccccc4)cc3C(C)C)c3oc4ccccc4c3c12.[2H]C([2H])([2H])c1ccc(-c2[c-]cccc2)nc1.[Ir]. The van der Waals surface area contributed by atoms with Crippen molar-refractivity contribution in [3.05, 3.63) is 198 Å². The summed E-state index contributed by atoms with van der Waals surface area (Å²) in [5.74, 6) is 2.12. The van der Waals surface area contributed by atoms with E-state index in [9.17, 15) is 0 Å². The van der Waals surface area contributed by atoms with Gasteiger partial charge >= 0.3 is 0 Å². The fourth-order valence-electron chi connectivity index (χ4n) is 8.71. The molecule has 11 rings (SSSR count). The summed E-state index contributed by atoms with van der Waals surface area (Å²) in [5, 5.41) is 3.10. The van der Waals surface area contributed by atoms with Crippen molar-refractivity contribution < 1.29 is 33.1 Å². The van der Waals surface area contributed by atoms with Crippen LogP contribution in [0.2, 0.25) is 0 Å². The molecule has 0 N–H and O–H groups in total. The van der Waals surface area contributed by atoms with E-state index < -0.39 is 6.85 Å². The molecular weight excluding hydrogens is 963 g/mol. The average Bonchev–Trinajstić information content (AvgIpc) is 4.02. The zero-order valence-electron chi connectivity index (χ0n) is 39.2. The van der Waals surface area contributed by atoms with Crippen molar-refractivity contribution in [3.63, 3.8) is 0 Å². The van der Waals surface area contributed by atoms with E-state index in [1.54, 1.807) is 18.2 Å².